The number of aliphatic carboxylic acids is 1. The predicted octanol–water partition coefficient (Wildman–Crippen LogP) is 1.70. The van der Waals surface area contributed by atoms with Crippen molar-refractivity contribution in [3.63, 3.8) is 0 Å². The molecule has 0 saturated carbocycles. The molecule has 0 bridgehead atoms. The van der Waals surface area contributed by atoms with E-state index in [-0.39, 0.29) is 5.57 Å². The second-order valence-electron chi connectivity index (χ2n) is 4.01. The number of rotatable bonds is 6. The molecule has 0 amide bonds. The Morgan fingerprint density at radius 1 is 1.32 bits per heavy atom. The fourth-order valence-electron chi connectivity index (χ4n) is 1.61. The van der Waals surface area contributed by atoms with Crippen LogP contribution in [0.1, 0.15) is 6.42 Å². The Balaban J connectivity index is 2.67. The number of carbonyl (C=O) groups is 2. The SMILES string of the molecule is COC(=O)/C(=C/C(=O)O)CCN(C)c1ccccc1. The van der Waals surface area contributed by atoms with E-state index in [1.54, 1.807) is 0 Å². The molecule has 0 atom stereocenters. The molecule has 1 aromatic carbocycles. The van der Waals surface area contributed by atoms with Crippen LogP contribution in [-0.4, -0.2) is 37.7 Å². The van der Waals surface area contributed by atoms with E-state index in [1.165, 1.54) is 7.11 Å². The van der Waals surface area contributed by atoms with Gasteiger partial charge in [-0.3, -0.25) is 0 Å². The summed E-state index contributed by atoms with van der Waals surface area (Å²) in [5.74, 6) is -1.76. The lowest BCUT2D eigenvalue weighted by molar-refractivity contribution is -0.137. The molecule has 0 unspecified atom stereocenters. The number of carboxylic acids is 1. The van der Waals surface area contributed by atoms with Gasteiger partial charge in [-0.1, -0.05) is 18.2 Å². The van der Waals surface area contributed by atoms with E-state index in [0.717, 1.165) is 11.8 Å². The molecule has 1 N–H and O–H groups in total. The van der Waals surface area contributed by atoms with E-state index in [0.29, 0.717) is 13.0 Å². The minimum atomic E-state index is -1.15. The van der Waals surface area contributed by atoms with Crippen LogP contribution in [0.5, 0.6) is 0 Å². The molecule has 19 heavy (non-hydrogen) atoms. The zero-order valence-electron chi connectivity index (χ0n) is 11.0. The molecule has 0 aliphatic heterocycles. The summed E-state index contributed by atoms with van der Waals surface area (Å²) in [5.41, 5.74) is 1.15. The summed E-state index contributed by atoms with van der Waals surface area (Å²) in [4.78, 5) is 24.0. The number of nitrogens with zero attached hydrogens (tertiary/aromatic N) is 1. The highest BCUT2D eigenvalue weighted by Crippen LogP contribution is 2.13. The van der Waals surface area contributed by atoms with Gasteiger partial charge in [0.05, 0.1) is 7.11 Å². The summed E-state index contributed by atoms with van der Waals surface area (Å²) in [6.07, 6.45) is 1.20. The van der Waals surface area contributed by atoms with Gasteiger partial charge in [-0.15, -0.1) is 0 Å². The first-order chi connectivity index (χ1) is 9.04. The van der Waals surface area contributed by atoms with Crippen molar-refractivity contribution in [1.29, 1.82) is 0 Å². The first kappa shape index (κ1) is 14.8. The fraction of sp³-hybridized carbons (Fsp3) is 0.286. The quantitative estimate of drug-likeness (QED) is 0.625. The number of esters is 1. The summed E-state index contributed by atoms with van der Waals surface area (Å²) < 4.78 is 4.56. The molecule has 0 spiro atoms. The molecule has 0 aliphatic rings. The Labute approximate surface area is 112 Å². The van der Waals surface area contributed by atoms with E-state index in [9.17, 15) is 9.59 Å². The predicted molar refractivity (Wildman–Crippen MR) is 72.1 cm³/mol. The average Bonchev–Trinajstić information content (AvgIpc) is 2.42. The number of carbonyl (C=O) groups excluding carboxylic acids is 1. The van der Waals surface area contributed by atoms with E-state index >= 15 is 0 Å². The van der Waals surface area contributed by atoms with Gasteiger partial charge in [-0.2, -0.15) is 0 Å². The number of anilines is 1. The monoisotopic (exact) mass is 263 g/mol. The lowest BCUT2D eigenvalue weighted by Crippen LogP contribution is -2.21. The minimum absolute atomic E-state index is 0.151. The molecule has 0 heterocycles. The number of hydrogen-bond donors (Lipinski definition) is 1. The molecular formula is C14H17NO4. The largest absolute Gasteiger partial charge is 0.478 e. The Kier molecular flexibility index (Phi) is 5.60. The molecule has 0 aliphatic carbocycles. The average molecular weight is 263 g/mol. The molecule has 1 aromatic rings. The highest BCUT2D eigenvalue weighted by molar-refractivity contribution is 5.95. The van der Waals surface area contributed by atoms with Crippen LogP contribution in [0.3, 0.4) is 0 Å². The summed E-state index contributed by atoms with van der Waals surface area (Å²) >= 11 is 0. The van der Waals surface area contributed by atoms with Crippen molar-refractivity contribution in [2.24, 2.45) is 0 Å². The first-order valence-corrected chi connectivity index (χ1v) is 5.82. The van der Waals surface area contributed by atoms with Gasteiger partial charge >= 0.3 is 11.9 Å². The maximum absolute atomic E-state index is 11.4. The third kappa shape index (κ3) is 4.83. The molecule has 102 valence electrons. The minimum Gasteiger partial charge on any atom is -0.478 e. The van der Waals surface area contributed by atoms with Crippen LogP contribution in [0.25, 0.3) is 0 Å². The van der Waals surface area contributed by atoms with E-state index < -0.39 is 11.9 Å². The molecule has 5 nitrogen and oxygen atoms in total. The fourth-order valence-corrected chi connectivity index (χ4v) is 1.61. The van der Waals surface area contributed by atoms with Crippen LogP contribution in [0.15, 0.2) is 42.0 Å². The lowest BCUT2D eigenvalue weighted by Gasteiger charge is -2.19. The molecule has 5 heteroatoms. The maximum Gasteiger partial charge on any atom is 0.334 e. The summed E-state index contributed by atoms with van der Waals surface area (Å²) in [7, 11) is 3.12. The number of methoxy groups -OCH3 is 1. The molecule has 0 aromatic heterocycles. The maximum atomic E-state index is 11.4. The Morgan fingerprint density at radius 2 is 1.95 bits per heavy atom. The standard InChI is InChI=1S/C14H17NO4/c1-15(12-6-4-3-5-7-12)9-8-11(10-13(16)17)14(18)19-2/h3-7,10H,8-9H2,1-2H3,(H,16,17)/b11-10+. The highest BCUT2D eigenvalue weighted by Gasteiger charge is 2.12. The zero-order chi connectivity index (χ0) is 14.3. The van der Waals surface area contributed by atoms with E-state index in [1.807, 2.05) is 42.3 Å². The van der Waals surface area contributed by atoms with Gasteiger partial charge in [0.1, 0.15) is 0 Å². The summed E-state index contributed by atoms with van der Waals surface area (Å²) in [6.45, 7) is 0.526. The van der Waals surface area contributed by atoms with Gasteiger partial charge in [0, 0.05) is 30.9 Å². The van der Waals surface area contributed by atoms with Gasteiger partial charge in [0.2, 0.25) is 0 Å². The van der Waals surface area contributed by atoms with Crippen molar-refractivity contribution in [3.8, 4) is 0 Å². The van der Waals surface area contributed by atoms with Crippen LogP contribution >= 0.6 is 0 Å². The zero-order valence-corrected chi connectivity index (χ0v) is 11.0. The normalized spacial score (nSPS) is 10.9. The van der Waals surface area contributed by atoms with Crippen molar-refractivity contribution in [2.45, 2.75) is 6.42 Å². The molecule has 0 radical (unpaired) electrons. The summed E-state index contributed by atoms with van der Waals surface area (Å²) in [6, 6.07) is 9.64. The van der Waals surface area contributed by atoms with Crippen molar-refractivity contribution < 1.29 is 19.4 Å². The third-order valence-electron chi connectivity index (χ3n) is 2.66. The highest BCUT2D eigenvalue weighted by atomic mass is 16.5. The Morgan fingerprint density at radius 3 is 2.47 bits per heavy atom. The van der Waals surface area contributed by atoms with Gasteiger partial charge in [0.25, 0.3) is 0 Å². The molecule has 0 fully saturated rings. The second-order valence-corrected chi connectivity index (χ2v) is 4.01. The third-order valence-corrected chi connectivity index (χ3v) is 2.66. The van der Waals surface area contributed by atoms with Crippen LogP contribution in [-0.2, 0) is 14.3 Å². The summed E-state index contributed by atoms with van der Waals surface area (Å²) in [5, 5.41) is 8.71. The van der Waals surface area contributed by atoms with Crippen molar-refractivity contribution >= 4 is 17.6 Å². The number of benzene rings is 1. The van der Waals surface area contributed by atoms with Crippen LogP contribution in [0.2, 0.25) is 0 Å². The van der Waals surface area contributed by atoms with E-state index in [2.05, 4.69) is 4.74 Å². The lowest BCUT2D eigenvalue weighted by atomic mass is 10.1. The van der Waals surface area contributed by atoms with Gasteiger partial charge in [-0.25, -0.2) is 9.59 Å². The number of para-hydroxylation sites is 1. The van der Waals surface area contributed by atoms with E-state index in [4.69, 9.17) is 5.11 Å². The van der Waals surface area contributed by atoms with Gasteiger partial charge < -0.3 is 14.7 Å². The van der Waals surface area contributed by atoms with Gasteiger partial charge in [-0.05, 0) is 18.6 Å². The Hall–Kier alpha value is -2.30. The van der Waals surface area contributed by atoms with Crippen LogP contribution < -0.4 is 4.90 Å². The van der Waals surface area contributed by atoms with Crippen molar-refractivity contribution in [1.82, 2.24) is 0 Å². The van der Waals surface area contributed by atoms with Crippen LogP contribution in [0, 0.1) is 0 Å². The topological polar surface area (TPSA) is 66.8 Å². The van der Waals surface area contributed by atoms with Gasteiger partial charge in [0.15, 0.2) is 0 Å². The van der Waals surface area contributed by atoms with Crippen molar-refractivity contribution in [3.05, 3.63) is 42.0 Å². The van der Waals surface area contributed by atoms with Crippen LogP contribution in [0.4, 0.5) is 5.69 Å². The second kappa shape index (κ2) is 7.20. The number of carboxylic acid groups (broad SMARTS) is 1. The molecular weight excluding hydrogens is 246 g/mol. The number of ether oxygens (including phenoxy) is 1. The number of hydrogen-bond acceptors (Lipinski definition) is 4. The molecule has 1 rings (SSSR count). The first-order valence-electron chi connectivity index (χ1n) is 5.82. The van der Waals surface area contributed by atoms with Crippen molar-refractivity contribution in [2.75, 3.05) is 25.6 Å². The molecule has 0 saturated heterocycles. The Bertz CT molecular complexity index is 468. The smallest absolute Gasteiger partial charge is 0.334 e.